The van der Waals surface area contributed by atoms with Gasteiger partial charge in [-0.2, -0.15) is 0 Å². The lowest BCUT2D eigenvalue weighted by atomic mass is 10.3. The van der Waals surface area contributed by atoms with Gasteiger partial charge in [-0.05, 0) is 18.6 Å². The summed E-state index contributed by atoms with van der Waals surface area (Å²) in [4.78, 5) is 3.96. The normalized spacial score (nSPS) is 12.3. The highest BCUT2D eigenvalue weighted by Crippen LogP contribution is 2.29. The number of alkyl halides is 3. The van der Waals surface area contributed by atoms with Crippen LogP contribution in [0.25, 0.3) is 0 Å². The number of hydrogen-bond acceptors (Lipinski definition) is 4. The molecule has 1 rings (SSSR count). The zero-order valence-electron chi connectivity index (χ0n) is 11.8. The van der Waals surface area contributed by atoms with Crippen LogP contribution in [0.3, 0.4) is 0 Å². The fourth-order valence-corrected chi connectivity index (χ4v) is 1.49. The second-order valence-corrected chi connectivity index (χ2v) is 4.13. The number of guanidine groups is 1. The Balaban J connectivity index is 2.51. The summed E-state index contributed by atoms with van der Waals surface area (Å²) >= 11 is 0. The van der Waals surface area contributed by atoms with Crippen molar-refractivity contribution in [1.29, 1.82) is 0 Å². The highest BCUT2D eigenvalue weighted by atomic mass is 19.4. The van der Waals surface area contributed by atoms with Crippen LogP contribution in [0.4, 0.5) is 18.9 Å². The topological polar surface area (TPSA) is 89.1 Å². The van der Waals surface area contributed by atoms with Crippen molar-refractivity contribution in [3.05, 3.63) is 24.3 Å². The van der Waals surface area contributed by atoms with Gasteiger partial charge in [0.15, 0.2) is 11.7 Å². The molecule has 124 valence electrons. The number of para-hydroxylation sites is 2. The van der Waals surface area contributed by atoms with E-state index in [2.05, 4.69) is 15.0 Å². The molecule has 0 fully saturated rings. The van der Waals surface area contributed by atoms with E-state index in [-0.39, 0.29) is 30.6 Å². The Morgan fingerprint density at radius 2 is 2.00 bits per heavy atom. The van der Waals surface area contributed by atoms with Crippen LogP contribution in [0.5, 0.6) is 5.75 Å². The second kappa shape index (κ2) is 9.11. The molecule has 0 radical (unpaired) electrons. The summed E-state index contributed by atoms with van der Waals surface area (Å²) in [5.74, 6) is -0.417. The summed E-state index contributed by atoms with van der Waals surface area (Å²) in [7, 11) is 0. The molecular weight excluding hydrogens is 303 g/mol. The minimum absolute atomic E-state index is 0.0274. The number of nitrogens with one attached hydrogen (secondary N) is 1. The maximum absolute atomic E-state index is 12.3. The number of anilines is 1. The van der Waals surface area contributed by atoms with E-state index in [9.17, 15) is 13.2 Å². The van der Waals surface area contributed by atoms with E-state index in [1.54, 1.807) is 6.07 Å². The van der Waals surface area contributed by atoms with Gasteiger partial charge in [0, 0.05) is 13.2 Å². The third-order valence-electron chi connectivity index (χ3n) is 2.34. The minimum Gasteiger partial charge on any atom is -0.404 e. The Bertz CT molecular complexity index is 481. The molecule has 0 aliphatic heterocycles. The first-order valence-corrected chi connectivity index (χ1v) is 6.52. The van der Waals surface area contributed by atoms with Gasteiger partial charge in [0.25, 0.3) is 0 Å². The minimum atomic E-state index is -4.78. The molecule has 0 aliphatic carbocycles. The van der Waals surface area contributed by atoms with E-state index in [4.69, 9.17) is 15.6 Å². The lowest BCUT2D eigenvalue weighted by molar-refractivity contribution is -0.274. The third kappa shape index (κ3) is 7.70. The molecule has 22 heavy (non-hydrogen) atoms. The van der Waals surface area contributed by atoms with Crippen LogP contribution in [-0.4, -0.2) is 43.8 Å². The monoisotopic (exact) mass is 321 g/mol. The highest BCUT2D eigenvalue weighted by molar-refractivity contribution is 5.93. The molecule has 0 aliphatic rings. The Morgan fingerprint density at radius 3 is 2.68 bits per heavy atom. The van der Waals surface area contributed by atoms with Crippen molar-refractivity contribution in [3.63, 3.8) is 0 Å². The number of nitrogens with zero attached hydrogens (tertiary/aromatic N) is 1. The van der Waals surface area contributed by atoms with E-state index in [1.807, 2.05) is 0 Å². The maximum Gasteiger partial charge on any atom is 0.573 e. The Kier molecular flexibility index (Phi) is 7.47. The Morgan fingerprint density at radius 1 is 1.27 bits per heavy atom. The van der Waals surface area contributed by atoms with Crippen LogP contribution in [0, 0.1) is 0 Å². The van der Waals surface area contributed by atoms with Crippen molar-refractivity contribution in [3.8, 4) is 5.75 Å². The maximum atomic E-state index is 12.3. The first kappa shape index (κ1) is 18.1. The number of hydrogen-bond donors (Lipinski definition) is 3. The fraction of sp³-hybridized carbons (Fsp3) is 0.462. The van der Waals surface area contributed by atoms with E-state index in [0.29, 0.717) is 19.6 Å². The van der Waals surface area contributed by atoms with Gasteiger partial charge in [-0.1, -0.05) is 12.1 Å². The van der Waals surface area contributed by atoms with Crippen LogP contribution < -0.4 is 15.8 Å². The molecule has 0 aromatic heterocycles. The molecule has 6 nitrogen and oxygen atoms in total. The van der Waals surface area contributed by atoms with Gasteiger partial charge in [-0.3, -0.25) is 4.99 Å². The molecule has 0 saturated carbocycles. The third-order valence-corrected chi connectivity index (χ3v) is 2.34. The van der Waals surface area contributed by atoms with E-state index in [1.165, 1.54) is 18.2 Å². The highest BCUT2D eigenvalue weighted by Gasteiger charge is 2.32. The fourth-order valence-electron chi connectivity index (χ4n) is 1.49. The van der Waals surface area contributed by atoms with Crippen molar-refractivity contribution in [2.24, 2.45) is 10.7 Å². The predicted molar refractivity (Wildman–Crippen MR) is 75.8 cm³/mol. The van der Waals surface area contributed by atoms with Crippen molar-refractivity contribution >= 4 is 11.6 Å². The SMILES string of the molecule is NC(=NCCCOCCO)Nc1ccccc1OC(F)(F)F. The predicted octanol–water partition coefficient (Wildman–Crippen LogP) is 1.71. The number of benzene rings is 1. The number of aliphatic hydroxyl groups excluding tert-OH is 1. The molecule has 4 N–H and O–H groups in total. The van der Waals surface area contributed by atoms with E-state index in [0.717, 1.165) is 0 Å². The average Bonchev–Trinajstić information content (AvgIpc) is 2.43. The zero-order chi connectivity index (χ0) is 16.4. The van der Waals surface area contributed by atoms with Crippen LogP contribution in [0.15, 0.2) is 29.3 Å². The van der Waals surface area contributed by atoms with Gasteiger partial charge in [-0.15, -0.1) is 13.2 Å². The van der Waals surface area contributed by atoms with E-state index < -0.39 is 6.36 Å². The lowest BCUT2D eigenvalue weighted by Gasteiger charge is -2.14. The van der Waals surface area contributed by atoms with Crippen molar-refractivity contribution in [1.82, 2.24) is 0 Å². The van der Waals surface area contributed by atoms with Crippen molar-refractivity contribution in [2.45, 2.75) is 12.8 Å². The lowest BCUT2D eigenvalue weighted by Crippen LogP contribution is -2.24. The summed E-state index contributed by atoms with van der Waals surface area (Å²) in [5, 5.41) is 11.1. The quantitative estimate of drug-likeness (QED) is 0.385. The number of aliphatic hydroxyl groups is 1. The summed E-state index contributed by atoms with van der Waals surface area (Å²) in [6.07, 6.45) is -4.21. The molecule has 9 heteroatoms. The zero-order valence-corrected chi connectivity index (χ0v) is 11.8. The van der Waals surface area contributed by atoms with Crippen molar-refractivity contribution in [2.75, 3.05) is 31.7 Å². The summed E-state index contributed by atoms with van der Waals surface area (Å²) in [6, 6.07) is 5.53. The first-order valence-electron chi connectivity index (χ1n) is 6.52. The van der Waals surface area contributed by atoms with Gasteiger partial charge in [-0.25, -0.2) is 0 Å². The van der Waals surface area contributed by atoms with Crippen LogP contribution in [0.1, 0.15) is 6.42 Å². The summed E-state index contributed by atoms with van der Waals surface area (Å²) < 4.78 is 45.7. The molecule has 0 bridgehead atoms. The van der Waals surface area contributed by atoms with Crippen molar-refractivity contribution < 1.29 is 27.8 Å². The largest absolute Gasteiger partial charge is 0.573 e. The van der Waals surface area contributed by atoms with Crippen LogP contribution >= 0.6 is 0 Å². The Labute approximate surface area is 125 Å². The van der Waals surface area contributed by atoms with Gasteiger partial charge in [0.2, 0.25) is 0 Å². The first-order chi connectivity index (χ1) is 10.4. The molecule has 0 amide bonds. The summed E-state index contributed by atoms with van der Waals surface area (Å²) in [5.41, 5.74) is 5.67. The molecule has 0 spiro atoms. The van der Waals surface area contributed by atoms with Gasteiger partial charge < -0.3 is 25.6 Å². The second-order valence-electron chi connectivity index (χ2n) is 4.13. The number of halogens is 3. The van der Waals surface area contributed by atoms with E-state index >= 15 is 0 Å². The molecule has 0 unspecified atom stereocenters. The average molecular weight is 321 g/mol. The standard InChI is InChI=1S/C13H18F3N3O3/c14-13(15,16)22-11-5-2-1-4-10(11)19-12(17)18-6-3-8-21-9-7-20/h1-2,4-5,20H,3,6-9H2,(H3,17,18,19). The number of ether oxygens (including phenoxy) is 2. The molecule has 1 aromatic carbocycles. The number of nitrogens with two attached hydrogens (primary N) is 1. The molecule has 0 saturated heterocycles. The van der Waals surface area contributed by atoms with Gasteiger partial charge in [0.1, 0.15) is 0 Å². The molecule has 0 heterocycles. The molecule has 1 aromatic rings. The molecular formula is C13H18F3N3O3. The smallest absolute Gasteiger partial charge is 0.404 e. The summed E-state index contributed by atoms with van der Waals surface area (Å²) in [6.45, 7) is 0.945. The van der Waals surface area contributed by atoms with Crippen LogP contribution in [0.2, 0.25) is 0 Å². The van der Waals surface area contributed by atoms with Crippen LogP contribution in [-0.2, 0) is 4.74 Å². The molecule has 0 atom stereocenters. The number of aliphatic imine (C=N–C) groups is 1. The number of rotatable bonds is 8. The Hall–Kier alpha value is -2.00. The van der Waals surface area contributed by atoms with Gasteiger partial charge in [0.05, 0.1) is 18.9 Å². The van der Waals surface area contributed by atoms with Gasteiger partial charge >= 0.3 is 6.36 Å².